The first-order valence-corrected chi connectivity index (χ1v) is 9.07. The van der Waals surface area contributed by atoms with Crippen LogP contribution in [0.1, 0.15) is 39.0 Å². The number of hydrogen-bond acceptors (Lipinski definition) is 4. The van der Waals surface area contributed by atoms with Crippen LogP contribution in [-0.2, 0) is 9.84 Å². The predicted octanol–water partition coefficient (Wildman–Crippen LogP) is 1.02. The number of nitrogens with one attached hydrogen (secondary N) is 1. The minimum Gasteiger partial charge on any atom is -0.310 e. The third-order valence-electron chi connectivity index (χ3n) is 4.41. The molecule has 18 heavy (non-hydrogen) atoms. The summed E-state index contributed by atoms with van der Waals surface area (Å²) in [6.45, 7) is 1.98. The molecule has 2 rings (SSSR count). The van der Waals surface area contributed by atoms with E-state index < -0.39 is 9.84 Å². The van der Waals surface area contributed by atoms with E-state index in [9.17, 15) is 8.42 Å². The fourth-order valence-electron chi connectivity index (χ4n) is 3.66. The molecule has 2 bridgehead atoms. The van der Waals surface area contributed by atoms with Crippen LogP contribution >= 0.6 is 0 Å². The zero-order chi connectivity index (χ0) is 13.3. The molecule has 2 fully saturated rings. The number of hydrogen-bond donors (Lipinski definition) is 1. The van der Waals surface area contributed by atoms with Gasteiger partial charge in [0.1, 0.15) is 9.84 Å². The normalized spacial score (nSPS) is 35.4. The van der Waals surface area contributed by atoms with Crippen LogP contribution in [0.3, 0.4) is 0 Å². The Morgan fingerprint density at radius 1 is 1.28 bits per heavy atom. The van der Waals surface area contributed by atoms with Gasteiger partial charge in [-0.2, -0.15) is 0 Å². The van der Waals surface area contributed by atoms with Crippen molar-refractivity contribution >= 4 is 9.84 Å². The second kappa shape index (κ2) is 5.47. The van der Waals surface area contributed by atoms with Crippen LogP contribution < -0.4 is 5.32 Å². The van der Waals surface area contributed by atoms with Crippen LogP contribution in [0.15, 0.2) is 0 Å². The zero-order valence-corrected chi connectivity index (χ0v) is 12.5. The van der Waals surface area contributed by atoms with E-state index in [0.717, 1.165) is 0 Å². The van der Waals surface area contributed by atoms with Crippen molar-refractivity contribution in [3.63, 3.8) is 0 Å². The van der Waals surface area contributed by atoms with E-state index in [4.69, 9.17) is 0 Å². The molecule has 3 atom stereocenters. The highest BCUT2D eigenvalue weighted by molar-refractivity contribution is 7.90. The molecular weight excluding hydrogens is 248 g/mol. The van der Waals surface area contributed by atoms with E-state index in [0.29, 0.717) is 18.1 Å². The predicted molar refractivity (Wildman–Crippen MR) is 74.5 cm³/mol. The summed E-state index contributed by atoms with van der Waals surface area (Å²) in [4.78, 5) is 2.53. The third-order valence-corrected chi connectivity index (χ3v) is 5.52. The second-order valence-electron chi connectivity index (χ2n) is 6.23. The number of piperidine rings is 2. The Morgan fingerprint density at radius 2 is 1.83 bits per heavy atom. The summed E-state index contributed by atoms with van der Waals surface area (Å²) in [5, 5.41) is 3.52. The van der Waals surface area contributed by atoms with Gasteiger partial charge in [-0.1, -0.05) is 6.42 Å². The Balaban J connectivity index is 1.88. The SMILES string of the molecule is CC(CS(C)(=O)=O)NC1CC2CCCC(C1)N2C. The van der Waals surface area contributed by atoms with Crippen LogP contribution in [0.25, 0.3) is 0 Å². The monoisotopic (exact) mass is 274 g/mol. The van der Waals surface area contributed by atoms with E-state index in [1.807, 2.05) is 6.92 Å². The lowest BCUT2D eigenvalue weighted by Gasteiger charge is -2.47. The smallest absolute Gasteiger partial charge is 0.148 e. The van der Waals surface area contributed by atoms with Crippen molar-refractivity contribution in [1.29, 1.82) is 0 Å². The molecule has 0 aromatic carbocycles. The van der Waals surface area contributed by atoms with Gasteiger partial charge in [-0.3, -0.25) is 0 Å². The molecule has 106 valence electrons. The van der Waals surface area contributed by atoms with Gasteiger partial charge in [-0.05, 0) is 39.7 Å². The summed E-state index contributed by atoms with van der Waals surface area (Å²) < 4.78 is 22.6. The van der Waals surface area contributed by atoms with Crippen molar-refractivity contribution in [1.82, 2.24) is 10.2 Å². The first kappa shape index (κ1) is 14.3. The summed E-state index contributed by atoms with van der Waals surface area (Å²) in [6.07, 6.45) is 7.60. The lowest BCUT2D eigenvalue weighted by atomic mass is 9.82. The Kier molecular flexibility index (Phi) is 4.34. The molecular formula is C13H26N2O2S. The summed E-state index contributed by atoms with van der Waals surface area (Å²) in [5.74, 6) is 0.245. The second-order valence-corrected chi connectivity index (χ2v) is 8.42. The van der Waals surface area contributed by atoms with Gasteiger partial charge in [-0.25, -0.2) is 8.42 Å². The van der Waals surface area contributed by atoms with Crippen molar-refractivity contribution in [2.24, 2.45) is 0 Å². The molecule has 0 saturated carbocycles. The third kappa shape index (κ3) is 3.68. The first-order chi connectivity index (χ1) is 8.35. The van der Waals surface area contributed by atoms with E-state index in [1.165, 1.54) is 38.4 Å². The lowest BCUT2D eigenvalue weighted by Crippen LogP contribution is -2.56. The lowest BCUT2D eigenvalue weighted by molar-refractivity contribution is 0.0469. The van der Waals surface area contributed by atoms with Crippen LogP contribution in [0.2, 0.25) is 0 Å². The topological polar surface area (TPSA) is 49.4 Å². The number of sulfone groups is 1. The molecule has 2 aliphatic heterocycles. The maximum atomic E-state index is 11.3. The molecule has 1 N–H and O–H groups in total. The molecule has 0 radical (unpaired) electrons. The van der Waals surface area contributed by atoms with E-state index in [1.54, 1.807) is 0 Å². The largest absolute Gasteiger partial charge is 0.310 e. The van der Waals surface area contributed by atoms with Gasteiger partial charge in [0.25, 0.3) is 0 Å². The van der Waals surface area contributed by atoms with Crippen molar-refractivity contribution in [2.45, 2.75) is 63.2 Å². The van der Waals surface area contributed by atoms with Gasteiger partial charge in [0.2, 0.25) is 0 Å². The average Bonchev–Trinajstić information content (AvgIpc) is 2.16. The van der Waals surface area contributed by atoms with Crippen LogP contribution in [0, 0.1) is 0 Å². The Bertz CT molecular complexity index is 368. The van der Waals surface area contributed by atoms with Crippen molar-refractivity contribution in [3.8, 4) is 0 Å². The van der Waals surface area contributed by atoms with E-state index >= 15 is 0 Å². The number of nitrogens with zero attached hydrogens (tertiary/aromatic N) is 1. The van der Waals surface area contributed by atoms with Crippen molar-refractivity contribution in [3.05, 3.63) is 0 Å². The minimum atomic E-state index is -2.88. The molecule has 2 saturated heterocycles. The highest BCUT2D eigenvalue weighted by Crippen LogP contribution is 2.32. The molecule has 0 spiro atoms. The molecule has 0 aliphatic carbocycles. The summed E-state index contributed by atoms with van der Waals surface area (Å²) in [6, 6.07) is 1.95. The summed E-state index contributed by atoms with van der Waals surface area (Å²) in [5.41, 5.74) is 0. The Morgan fingerprint density at radius 3 is 2.33 bits per heavy atom. The van der Waals surface area contributed by atoms with Crippen LogP contribution in [-0.4, -0.2) is 56.5 Å². The molecule has 0 aromatic rings. The van der Waals surface area contributed by atoms with Crippen molar-refractivity contribution in [2.75, 3.05) is 19.1 Å². The van der Waals surface area contributed by atoms with E-state index in [2.05, 4.69) is 17.3 Å². The van der Waals surface area contributed by atoms with E-state index in [-0.39, 0.29) is 11.8 Å². The first-order valence-electron chi connectivity index (χ1n) is 7.01. The highest BCUT2D eigenvalue weighted by Gasteiger charge is 2.36. The molecule has 2 aliphatic rings. The molecule has 0 aromatic heterocycles. The molecule has 2 heterocycles. The summed E-state index contributed by atoms with van der Waals surface area (Å²) in [7, 11) is -0.636. The summed E-state index contributed by atoms with van der Waals surface area (Å²) >= 11 is 0. The zero-order valence-electron chi connectivity index (χ0n) is 11.7. The van der Waals surface area contributed by atoms with Crippen LogP contribution in [0.4, 0.5) is 0 Å². The van der Waals surface area contributed by atoms with Gasteiger partial charge in [0.15, 0.2) is 0 Å². The molecule has 0 amide bonds. The average molecular weight is 274 g/mol. The Labute approximate surface area is 111 Å². The molecule has 4 nitrogen and oxygen atoms in total. The maximum Gasteiger partial charge on any atom is 0.148 e. The quantitative estimate of drug-likeness (QED) is 0.832. The minimum absolute atomic E-state index is 0.0640. The standard InChI is InChI=1S/C13H26N2O2S/c1-10(9-18(3,16)17)14-11-7-12-5-4-6-13(8-11)15(12)2/h10-14H,4-9H2,1-3H3. The van der Waals surface area contributed by atoms with Gasteiger partial charge in [-0.15, -0.1) is 0 Å². The van der Waals surface area contributed by atoms with Gasteiger partial charge >= 0.3 is 0 Å². The maximum absolute atomic E-state index is 11.3. The molecule has 3 unspecified atom stereocenters. The highest BCUT2D eigenvalue weighted by atomic mass is 32.2. The fourth-order valence-corrected chi connectivity index (χ4v) is 4.66. The van der Waals surface area contributed by atoms with Gasteiger partial charge < -0.3 is 10.2 Å². The van der Waals surface area contributed by atoms with Gasteiger partial charge in [0.05, 0.1) is 5.75 Å². The fraction of sp³-hybridized carbons (Fsp3) is 1.00. The van der Waals surface area contributed by atoms with Crippen LogP contribution in [0.5, 0.6) is 0 Å². The van der Waals surface area contributed by atoms with Gasteiger partial charge in [0, 0.05) is 30.4 Å². The number of rotatable bonds is 4. The molecule has 5 heteroatoms. The van der Waals surface area contributed by atoms with Crippen molar-refractivity contribution < 1.29 is 8.42 Å². The Hall–Kier alpha value is -0.130. The number of fused-ring (bicyclic) bond motifs is 2.